The Labute approximate surface area is 147 Å². The lowest BCUT2D eigenvalue weighted by atomic mass is 10.1. The second-order valence-corrected chi connectivity index (χ2v) is 6.98. The third-order valence-corrected chi connectivity index (χ3v) is 3.84. The predicted molar refractivity (Wildman–Crippen MR) is 95.3 cm³/mol. The molecule has 0 aromatic heterocycles. The van der Waals surface area contributed by atoms with Gasteiger partial charge in [-0.05, 0) is 50.6 Å². The largest absolute Gasteiger partial charge is 0.493 e. The predicted octanol–water partition coefficient (Wildman–Crippen LogP) is 4.95. The van der Waals surface area contributed by atoms with Crippen LogP contribution in [0.4, 0.5) is 4.39 Å². The van der Waals surface area contributed by atoms with E-state index in [4.69, 9.17) is 21.1 Å². The summed E-state index contributed by atoms with van der Waals surface area (Å²) in [4.78, 5) is 0. The van der Waals surface area contributed by atoms with E-state index in [1.165, 1.54) is 6.07 Å². The first-order valence-electron chi connectivity index (χ1n) is 7.78. The molecule has 1 N–H and O–H groups in total. The summed E-state index contributed by atoms with van der Waals surface area (Å²) in [6.07, 6.45) is 0. The van der Waals surface area contributed by atoms with Gasteiger partial charge in [-0.15, -0.1) is 0 Å². The summed E-state index contributed by atoms with van der Waals surface area (Å²) >= 11 is 6.02. The molecule has 2 aromatic carbocycles. The smallest absolute Gasteiger partial charge is 0.161 e. The molecule has 0 heterocycles. The molecule has 130 valence electrons. The van der Waals surface area contributed by atoms with Crippen LogP contribution >= 0.6 is 11.6 Å². The third kappa shape index (κ3) is 5.11. The molecule has 2 rings (SSSR count). The van der Waals surface area contributed by atoms with Crippen molar-refractivity contribution in [3.63, 3.8) is 0 Å². The van der Waals surface area contributed by atoms with Gasteiger partial charge in [0.2, 0.25) is 0 Å². The number of rotatable bonds is 6. The molecule has 0 amide bonds. The van der Waals surface area contributed by atoms with Gasteiger partial charge in [-0.2, -0.15) is 0 Å². The van der Waals surface area contributed by atoms with Crippen LogP contribution in [0.3, 0.4) is 0 Å². The van der Waals surface area contributed by atoms with Crippen molar-refractivity contribution in [1.82, 2.24) is 5.32 Å². The van der Waals surface area contributed by atoms with Crippen LogP contribution < -0.4 is 14.8 Å². The topological polar surface area (TPSA) is 30.5 Å². The summed E-state index contributed by atoms with van der Waals surface area (Å²) in [6.45, 7) is 7.10. The van der Waals surface area contributed by atoms with Crippen molar-refractivity contribution in [3.05, 3.63) is 58.4 Å². The van der Waals surface area contributed by atoms with E-state index in [0.717, 1.165) is 12.1 Å². The maximum Gasteiger partial charge on any atom is 0.161 e. The molecule has 0 bridgehead atoms. The van der Waals surface area contributed by atoms with Gasteiger partial charge in [0.25, 0.3) is 0 Å². The first kappa shape index (κ1) is 18.6. The molecule has 0 saturated heterocycles. The zero-order chi connectivity index (χ0) is 17.7. The summed E-state index contributed by atoms with van der Waals surface area (Å²) in [7, 11) is 1.58. The molecular formula is C19H23ClFNO2. The lowest BCUT2D eigenvalue weighted by Crippen LogP contribution is -2.35. The number of nitrogens with one attached hydrogen (secondary N) is 1. The summed E-state index contributed by atoms with van der Waals surface area (Å²) in [5.74, 6) is 0.777. The molecule has 2 aromatic rings. The first-order valence-corrected chi connectivity index (χ1v) is 8.15. The van der Waals surface area contributed by atoms with Crippen molar-refractivity contribution in [2.24, 2.45) is 0 Å². The molecule has 0 atom stereocenters. The molecule has 0 spiro atoms. The van der Waals surface area contributed by atoms with E-state index in [-0.39, 0.29) is 18.0 Å². The molecular weight excluding hydrogens is 329 g/mol. The van der Waals surface area contributed by atoms with Crippen LogP contribution in [0.15, 0.2) is 36.4 Å². The number of methoxy groups -OCH3 is 1. The highest BCUT2D eigenvalue weighted by atomic mass is 35.5. The minimum atomic E-state index is -0.382. The van der Waals surface area contributed by atoms with Crippen LogP contribution in [0.25, 0.3) is 0 Å². The third-order valence-electron chi connectivity index (χ3n) is 3.48. The normalized spacial score (nSPS) is 11.4. The molecule has 0 aliphatic heterocycles. The molecule has 0 radical (unpaired) electrons. The van der Waals surface area contributed by atoms with Gasteiger partial charge < -0.3 is 14.8 Å². The van der Waals surface area contributed by atoms with Gasteiger partial charge in [-0.3, -0.25) is 0 Å². The average Bonchev–Trinajstić information content (AvgIpc) is 2.52. The lowest BCUT2D eigenvalue weighted by molar-refractivity contribution is 0.279. The van der Waals surface area contributed by atoms with Crippen molar-refractivity contribution < 1.29 is 13.9 Å². The Morgan fingerprint density at radius 1 is 1.12 bits per heavy atom. The molecule has 3 nitrogen and oxygen atoms in total. The van der Waals surface area contributed by atoms with Crippen LogP contribution in [0.5, 0.6) is 11.5 Å². The van der Waals surface area contributed by atoms with Crippen molar-refractivity contribution in [2.75, 3.05) is 7.11 Å². The Balaban J connectivity index is 2.10. The van der Waals surface area contributed by atoms with E-state index in [0.29, 0.717) is 22.1 Å². The zero-order valence-electron chi connectivity index (χ0n) is 14.5. The highest BCUT2D eigenvalue weighted by Gasteiger charge is 2.12. The van der Waals surface area contributed by atoms with E-state index in [9.17, 15) is 4.39 Å². The summed E-state index contributed by atoms with van der Waals surface area (Å²) < 4.78 is 24.9. The number of benzene rings is 2. The van der Waals surface area contributed by atoms with Crippen molar-refractivity contribution in [1.29, 1.82) is 0 Å². The molecule has 24 heavy (non-hydrogen) atoms. The molecule has 0 aliphatic rings. The Morgan fingerprint density at radius 3 is 2.50 bits per heavy atom. The van der Waals surface area contributed by atoms with Crippen LogP contribution in [0, 0.1) is 5.82 Å². The summed E-state index contributed by atoms with van der Waals surface area (Å²) in [5, 5.41) is 3.77. The fourth-order valence-electron chi connectivity index (χ4n) is 2.13. The molecule has 0 fully saturated rings. The molecule has 0 aliphatic carbocycles. The van der Waals surface area contributed by atoms with E-state index in [2.05, 4.69) is 26.1 Å². The number of ether oxygens (including phenoxy) is 2. The molecule has 5 heteroatoms. The van der Waals surface area contributed by atoms with Crippen molar-refractivity contribution >= 4 is 11.6 Å². The minimum Gasteiger partial charge on any atom is -0.493 e. The highest BCUT2D eigenvalue weighted by molar-refractivity contribution is 6.31. The Bertz CT molecular complexity index is 678. The van der Waals surface area contributed by atoms with Gasteiger partial charge in [0.1, 0.15) is 12.4 Å². The van der Waals surface area contributed by atoms with Gasteiger partial charge in [0.15, 0.2) is 11.5 Å². The Kier molecular flexibility index (Phi) is 6.08. The number of hydrogen-bond acceptors (Lipinski definition) is 3. The van der Waals surface area contributed by atoms with Gasteiger partial charge in [-0.25, -0.2) is 4.39 Å². The maximum atomic E-state index is 13.8. The van der Waals surface area contributed by atoms with Crippen LogP contribution in [0.2, 0.25) is 5.02 Å². The number of hydrogen-bond donors (Lipinski definition) is 1. The molecule has 0 saturated carbocycles. The quantitative estimate of drug-likeness (QED) is 0.798. The zero-order valence-corrected chi connectivity index (χ0v) is 15.2. The van der Waals surface area contributed by atoms with Crippen molar-refractivity contribution in [2.45, 2.75) is 39.5 Å². The SMILES string of the molecule is COc1cc(CNC(C)(C)C)ccc1OCc1c(F)cccc1Cl. The van der Waals surface area contributed by atoms with E-state index >= 15 is 0 Å². The lowest BCUT2D eigenvalue weighted by Gasteiger charge is -2.21. The van der Waals surface area contributed by atoms with Gasteiger partial charge in [-0.1, -0.05) is 23.7 Å². The highest BCUT2D eigenvalue weighted by Crippen LogP contribution is 2.30. The average molecular weight is 352 g/mol. The number of halogens is 2. The second-order valence-electron chi connectivity index (χ2n) is 6.58. The first-order chi connectivity index (χ1) is 11.3. The summed E-state index contributed by atoms with van der Waals surface area (Å²) in [6, 6.07) is 10.3. The van der Waals surface area contributed by atoms with Crippen molar-refractivity contribution in [3.8, 4) is 11.5 Å². The van der Waals surface area contributed by atoms with Gasteiger partial charge in [0.05, 0.1) is 12.1 Å². The van der Waals surface area contributed by atoms with Crippen LogP contribution in [-0.4, -0.2) is 12.6 Å². The van der Waals surface area contributed by atoms with E-state index in [1.54, 1.807) is 19.2 Å². The Morgan fingerprint density at radius 2 is 1.88 bits per heavy atom. The maximum absolute atomic E-state index is 13.8. The van der Waals surface area contributed by atoms with Crippen LogP contribution in [0.1, 0.15) is 31.9 Å². The molecule has 0 unspecified atom stereocenters. The standard InChI is InChI=1S/C19H23ClFNO2/c1-19(2,3)22-11-13-8-9-17(18(10-13)23-4)24-12-14-15(20)6-5-7-16(14)21/h5-10,22H,11-12H2,1-4H3. The van der Waals surface area contributed by atoms with Gasteiger partial charge >= 0.3 is 0 Å². The minimum absolute atomic E-state index is 0.0317. The fourth-order valence-corrected chi connectivity index (χ4v) is 2.35. The van der Waals surface area contributed by atoms with Crippen LogP contribution in [-0.2, 0) is 13.2 Å². The van der Waals surface area contributed by atoms with E-state index < -0.39 is 0 Å². The monoisotopic (exact) mass is 351 g/mol. The Hall–Kier alpha value is -1.78. The summed E-state index contributed by atoms with van der Waals surface area (Å²) in [5.41, 5.74) is 1.45. The van der Waals surface area contributed by atoms with E-state index in [1.807, 2.05) is 18.2 Å². The second kappa shape index (κ2) is 7.86. The van der Waals surface area contributed by atoms with Gasteiger partial charge in [0, 0.05) is 17.6 Å². The fraction of sp³-hybridized carbons (Fsp3) is 0.368.